The van der Waals surface area contributed by atoms with Crippen molar-refractivity contribution in [3.63, 3.8) is 0 Å². The Hall–Kier alpha value is -5.37. The van der Waals surface area contributed by atoms with Gasteiger partial charge in [0.05, 0.1) is 16.5 Å². The van der Waals surface area contributed by atoms with E-state index >= 15 is 4.39 Å². The van der Waals surface area contributed by atoms with Gasteiger partial charge in [-0.2, -0.15) is 0 Å². The minimum Gasteiger partial charge on any atom is -0.478 e. The van der Waals surface area contributed by atoms with Gasteiger partial charge in [-0.15, -0.1) is 0 Å². The molecule has 0 bridgehead atoms. The number of rotatable bonds is 7. The fourth-order valence-electron chi connectivity index (χ4n) is 4.86. The normalized spacial score (nSPS) is 11.2. The zero-order valence-electron chi connectivity index (χ0n) is 21.5. The molecule has 1 aromatic heterocycles. The summed E-state index contributed by atoms with van der Waals surface area (Å²) in [6, 6.07) is 26.2. The van der Waals surface area contributed by atoms with Crippen LogP contribution < -0.4 is 5.32 Å². The molecule has 41 heavy (non-hydrogen) atoms. The summed E-state index contributed by atoms with van der Waals surface area (Å²) >= 11 is 0. The van der Waals surface area contributed by atoms with Crippen molar-refractivity contribution in [1.82, 2.24) is 10.5 Å². The molecule has 0 aliphatic heterocycles. The second kappa shape index (κ2) is 10.7. The molecule has 6 nitrogen and oxygen atoms in total. The van der Waals surface area contributed by atoms with E-state index in [-0.39, 0.29) is 29.9 Å². The number of carbonyl (C=O) groups is 2. The molecular formula is C33H22F2N2O4. The summed E-state index contributed by atoms with van der Waals surface area (Å²) < 4.78 is 34.3. The first-order valence-corrected chi connectivity index (χ1v) is 12.8. The van der Waals surface area contributed by atoms with Crippen LogP contribution in [0.3, 0.4) is 0 Å². The van der Waals surface area contributed by atoms with Crippen molar-refractivity contribution in [3.8, 4) is 11.1 Å². The smallest absolute Gasteiger partial charge is 0.335 e. The minimum absolute atomic E-state index is 0.0694. The molecule has 5 aromatic carbocycles. The molecule has 0 saturated carbocycles. The number of benzene rings is 5. The second-order valence-electron chi connectivity index (χ2n) is 9.68. The molecule has 202 valence electrons. The molecule has 0 radical (unpaired) electrons. The molecule has 6 aromatic rings. The summed E-state index contributed by atoms with van der Waals surface area (Å²) in [7, 11) is 0. The van der Waals surface area contributed by atoms with Crippen LogP contribution >= 0.6 is 0 Å². The van der Waals surface area contributed by atoms with Gasteiger partial charge in [-0.05, 0) is 81.6 Å². The molecule has 2 N–H and O–H groups in total. The van der Waals surface area contributed by atoms with E-state index in [1.807, 2.05) is 24.3 Å². The van der Waals surface area contributed by atoms with Crippen molar-refractivity contribution in [3.05, 3.63) is 137 Å². The number of carboxylic acid groups (broad SMARTS) is 1. The maximum atomic E-state index is 15.1. The molecule has 0 spiro atoms. The molecule has 8 heteroatoms. The molecule has 0 saturated heterocycles. The Morgan fingerprint density at radius 2 is 1.54 bits per heavy atom. The number of aromatic nitrogens is 1. The van der Waals surface area contributed by atoms with Crippen LogP contribution in [0, 0.1) is 11.6 Å². The van der Waals surface area contributed by atoms with Crippen molar-refractivity contribution >= 4 is 33.6 Å². The van der Waals surface area contributed by atoms with E-state index < -0.39 is 17.7 Å². The average Bonchev–Trinajstić information content (AvgIpc) is 3.39. The monoisotopic (exact) mass is 548 g/mol. The van der Waals surface area contributed by atoms with Crippen molar-refractivity contribution < 1.29 is 28.0 Å². The molecule has 0 aliphatic rings. The van der Waals surface area contributed by atoms with Crippen molar-refractivity contribution in [1.29, 1.82) is 0 Å². The van der Waals surface area contributed by atoms with Crippen LogP contribution in [0.2, 0.25) is 0 Å². The van der Waals surface area contributed by atoms with Crippen molar-refractivity contribution in [2.24, 2.45) is 0 Å². The van der Waals surface area contributed by atoms with E-state index in [2.05, 4.69) is 10.5 Å². The molecule has 0 unspecified atom stereocenters. The zero-order chi connectivity index (χ0) is 28.5. The Labute approximate surface area is 232 Å². The lowest BCUT2D eigenvalue weighted by molar-refractivity contribution is 0.0696. The Morgan fingerprint density at radius 1 is 0.829 bits per heavy atom. The van der Waals surface area contributed by atoms with E-state index in [0.717, 1.165) is 10.8 Å². The standard InChI is InChI=1S/C33H22F2N2O4/c34-26-11-9-20(10-12-26)24-14-27(32(38)36-18-19-5-7-21(8-6-19)33(39)40)31-29(16-24)37-41-30(31)17-25-13-22-3-1-2-4-23(22)15-28(25)35/h1-16H,17-18H2,(H,36,38)(H,39,40). The van der Waals surface area contributed by atoms with E-state index in [4.69, 9.17) is 9.63 Å². The third kappa shape index (κ3) is 5.27. The predicted octanol–water partition coefficient (Wildman–Crippen LogP) is 7.15. The summed E-state index contributed by atoms with van der Waals surface area (Å²) in [5.41, 5.74) is 3.22. The lowest BCUT2D eigenvalue weighted by atomic mass is 9.96. The molecule has 0 fully saturated rings. The fraction of sp³-hybridized carbons (Fsp3) is 0.0606. The fourth-order valence-corrected chi connectivity index (χ4v) is 4.86. The molecule has 6 rings (SSSR count). The van der Waals surface area contributed by atoms with Gasteiger partial charge in [0.2, 0.25) is 0 Å². The Kier molecular flexibility index (Phi) is 6.73. The number of hydrogen-bond donors (Lipinski definition) is 2. The largest absolute Gasteiger partial charge is 0.478 e. The minimum atomic E-state index is -1.04. The van der Waals surface area contributed by atoms with Crippen LogP contribution in [0.1, 0.15) is 37.6 Å². The lowest BCUT2D eigenvalue weighted by Crippen LogP contribution is -2.23. The number of nitrogens with one attached hydrogen (secondary N) is 1. The number of carbonyl (C=O) groups excluding carboxylic acids is 1. The summed E-state index contributed by atoms with van der Waals surface area (Å²) in [6.45, 7) is 0.140. The third-order valence-corrected chi connectivity index (χ3v) is 6.99. The summed E-state index contributed by atoms with van der Waals surface area (Å²) in [4.78, 5) is 24.7. The van der Waals surface area contributed by atoms with Crippen LogP contribution in [0.5, 0.6) is 0 Å². The molecule has 0 aliphatic carbocycles. The maximum absolute atomic E-state index is 15.1. The van der Waals surface area contributed by atoms with Crippen molar-refractivity contribution in [2.45, 2.75) is 13.0 Å². The molecule has 1 amide bonds. The number of halogens is 2. The van der Waals surface area contributed by atoms with Crippen molar-refractivity contribution in [2.75, 3.05) is 0 Å². The number of hydrogen-bond acceptors (Lipinski definition) is 4. The van der Waals surface area contributed by atoms with Gasteiger partial charge in [0.1, 0.15) is 22.9 Å². The van der Waals surface area contributed by atoms with E-state index in [1.165, 1.54) is 30.3 Å². The van der Waals surface area contributed by atoms with Gasteiger partial charge in [-0.1, -0.05) is 53.7 Å². The van der Waals surface area contributed by atoms with Crippen LogP contribution in [-0.4, -0.2) is 22.1 Å². The quantitative estimate of drug-likeness (QED) is 0.221. The highest BCUT2D eigenvalue weighted by Gasteiger charge is 2.21. The number of carboxylic acids is 1. The third-order valence-electron chi connectivity index (χ3n) is 6.99. The van der Waals surface area contributed by atoms with Gasteiger partial charge < -0.3 is 14.9 Å². The topological polar surface area (TPSA) is 92.4 Å². The summed E-state index contributed by atoms with van der Waals surface area (Å²) in [5, 5.41) is 18.3. The first-order valence-electron chi connectivity index (χ1n) is 12.8. The average molecular weight is 549 g/mol. The number of amides is 1. The summed E-state index contributed by atoms with van der Waals surface area (Å²) in [6.07, 6.45) is 0.0694. The Balaban J connectivity index is 1.39. The first-order chi connectivity index (χ1) is 19.9. The zero-order valence-corrected chi connectivity index (χ0v) is 21.5. The van der Waals surface area contributed by atoms with Gasteiger partial charge >= 0.3 is 5.97 Å². The van der Waals surface area contributed by atoms with E-state index in [1.54, 1.807) is 42.5 Å². The number of aromatic carboxylic acids is 1. The van der Waals surface area contributed by atoms with Crippen LogP contribution in [0.4, 0.5) is 8.78 Å². The highest BCUT2D eigenvalue weighted by molar-refractivity contribution is 6.08. The van der Waals surface area contributed by atoms with Gasteiger partial charge in [0.15, 0.2) is 0 Å². The van der Waals surface area contributed by atoms with Crippen LogP contribution in [-0.2, 0) is 13.0 Å². The van der Waals surface area contributed by atoms with Gasteiger partial charge in [0.25, 0.3) is 5.91 Å². The van der Waals surface area contributed by atoms with Crippen LogP contribution in [0.15, 0.2) is 102 Å². The van der Waals surface area contributed by atoms with Crippen LogP contribution in [0.25, 0.3) is 32.8 Å². The SMILES string of the molecule is O=C(O)c1ccc(CNC(=O)c2cc(-c3ccc(F)cc3)cc3noc(Cc4cc5ccccc5cc4F)c23)cc1. The highest BCUT2D eigenvalue weighted by Crippen LogP contribution is 2.32. The maximum Gasteiger partial charge on any atom is 0.335 e. The first kappa shape index (κ1) is 25.9. The van der Waals surface area contributed by atoms with Gasteiger partial charge in [0, 0.05) is 13.0 Å². The van der Waals surface area contributed by atoms with E-state index in [0.29, 0.717) is 38.9 Å². The molecular weight excluding hydrogens is 526 g/mol. The second-order valence-corrected chi connectivity index (χ2v) is 9.68. The summed E-state index contributed by atoms with van der Waals surface area (Å²) in [5.74, 6) is -1.92. The lowest BCUT2D eigenvalue weighted by Gasteiger charge is -2.11. The Bertz CT molecular complexity index is 1930. The molecule has 1 heterocycles. The predicted molar refractivity (Wildman–Crippen MR) is 151 cm³/mol. The number of fused-ring (bicyclic) bond motifs is 2. The Morgan fingerprint density at radius 3 is 2.24 bits per heavy atom. The highest BCUT2D eigenvalue weighted by atomic mass is 19.1. The van der Waals surface area contributed by atoms with E-state index in [9.17, 15) is 14.0 Å². The van der Waals surface area contributed by atoms with Gasteiger partial charge in [-0.3, -0.25) is 4.79 Å². The number of nitrogens with zero attached hydrogens (tertiary/aromatic N) is 1. The van der Waals surface area contributed by atoms with Gasteiger partial charge in [-0.25, -0.2) is 13.6 Å². The molecule has 0 atom stereocenters.